The number of hydrogen-bond acceptors (Lipinski definition) is 6. The predicted octanol–water partition coefficient (Wildman–Crippen LogP) is 3.01. The molecule has 0 saturated heterocycles. The van der Waals surface area contributed by atoms with Crippen LogP contribution in [-0.2, 0) is 21.9 Å². The number of para-hydroxylation sites is 1. The molecule has 0 radical (unpaired) electrons. The smallest absolute Gasteiger partial charge is 0.264 e. The number of nitrogens with one attached hydrogen (secondary N) is 1. The Hall–Kier alpha value is -2.66. The van der Waals surface area contributed by atoms with E-state index in [9.17, 15) is 13.2 Å². The number of sulfonamides is 1. The molecule has 152 valence electrons. The maximum absolute atomic E-state index is 12.7. The van der Waals surface area contributed by atoms with Crippen LogP contribution in [0.2, 0.25) is 0 Å². The normalized spacial score (nSPS) is 11.6. The van der Waals surface area contributed by atoms with Crippen LogP contribution in [0.3, 0.4) is 0 Å². The highest BCUT2D eigenvalue weighted by molar-refractivity contribution is 7.99. The molecule has 3 rings (SSSR count). The molecule has 0 fully saturated rings. The largest absolute Gasteiger partial charge is 0.329 e. The average Bonchev–Trinajstić information content (AvgIpc) is 3.13. The second-order valence-corrected chi connectivity index (χ2v) is 8.94. The Labute approximate surface area is 173 Å². The van der Waals surface area contributed by atoms with Crippen LogP contribution in [0.25, 0.3) is 0 Å². The van der Waals surface area contributed by atoms with Crippen molar-refractivity contribution in [1.82, 2.24) is 14.0 Å². The molecule has 1 amide bonds. The first-order chi connectivity index (χ1) is 13.8. The molecule has 10 heteroatoms. The molecule has 0 aliphatic rings. The summed E-state index contributed by atoms with van der Waals surface area (Å²) >= 11 is 1.43. The van der Waals surface area contributed by atoms with Crippen molar-refractivity contribution in [2.45, 2.75) is 14.9 Å². The van der Waals surface area contributed by atoms with Gasteiger partial charge in [-0.2, -0.15) is 0 Å². The van der Waals surface area contributed by atoms with Gasteiger partial charge in [-0.1, -0.05) is 16.6 Å². The number of hydrogen-bond donors (Lipinski definition) is 1. The molecule has 3 aromatic rings. The molecule has 0 aliphatic carbocycles. The predicted molar refractivity (Wildman–Crippen MR) is 110 cm³/mol. The van der Waals surface area contributed by atoms with Gasteiger partial charge in [0.25, 0.3) is 15.9 Å². The molecule has 1 N–H and O–H groups in total. The van der Waals surface area contributed by atoms with Crippen LogP contribution in [-0.4, -0.2) is 42.5 Å². The van der Waals surface area contributed by atoms with Crippen LogP contribution >= 0.6 is 11.8 Å². The Kier molecular flexibility index (Phi) is 6.38. The lowest BCUT2D eigenvalue weighted by molar-refractivity contribution is -0.0258. The zero-order chi connectivity index (χ0) is 21.0. The number of aryl methyl sites for hydroxylation is 1. The molecule has 2 aromatic carbocycles. The quantitative estimate of drug-likeness (QED) is 0.577. The first-order valence-corrected chi connectivity index (χ1v) is 10.8. The van der Waals surface area contributed by atoms with Crippen LogP contribution < -0.4 is 5.32 Å². The molecule has 0 aliphatic heterocycles. The number of imidazole rings is 1. The summed E-state index contributed by atoms with van der Waals surface area (Å²) in [6.07, 6.45) is 3.56. The summed E-state index contributed by atoms with van der Waals surface area (Å²) in [5.74, 6) is -0.345. The fourth-order valence-corrected chi connectivity index (χ4v) is 4.29. The molecule has 0 saturated carbocycles. The van der Waals surface area contributed by atoms with Crippen molar-refractivity contribution in [2.24, 2.45) is 7.05 Å². The van der Waals surface area contributed by atoms with E-state index in [2.05, 4.69) is 10.3 Å². The number of benzene rings is 2. The van der Waals surface area contributed by atoms with E-state index in [1.54, 1.807) is 12.3 Å². The number of carbonyl (C=O) groups is 1. The second-order valence-electron chi connectivity index (χ2n) is 5.99. The lowest BCUT2D eigenvalue weighted by atomic mass is 10.2. The first-order valence-electron chi connectivity index (χ1n) is 8.51. The van der Waals surface area contributed by atoms with E-state index in [-0.39, 0.29) is 10.8 Å². The van der Waals surface area contributed by atoms with Gasteiger partial charge in [0.1, 0.15) is 0 Å². The zero-order valence-corrected chi connectivity index (χ0v) is 17.7. The van der Waals surface area contributed by atoms with Gasteiger partial charge in [0.2, 0.25) is 0 Å². The number of nitrogens with zero attached hydrogens (tertiary/aromatic N) is 3. The third-order valence-electron chi connectivity index (χ3n) is 4.12. The minimum Gasteiger partial charge on any atom is -0.329 e. The lowest BCUT2D eigenvalue weighted by Gasteiger charge is -2.14. The summed E-state index contributed by atoms with van der Waals surface area (Å²) in [6.45, 7) is 0. The van der Waals surface area contributed by atoms with Crippen molar-refractivity contribution in [1.29, 1.82) is 0 Å². The summed E-state index contributed by atoms with van der Waals surface area (Å²) in [6, 6.07) is 13.1. The van der Waals surface area contributed by atoms with E-state index in [0.29, 0.717) is 11.3 Å². The monoisotopic (exact) mass is 432 g/mol. The summed E-state index contributed by atoms with van der Waals surface area (Å²) in [4.78, 5) is 22.6. The number of aromatic nitrogens is 2. The standard InChI is InChI=1S/C19H20N4O4S2/c1-22-13-12-20-19(22)28-17-7-5-4-6-16(17)21-18(24)14-8-10-15(11-9-14)29(25,26)23(2)27-3/h4-13H,1-3H3,(H,21,24). The van der Waals surface area contributed by atoms with Gasteiger partial charge in [0.15, 0.2) is 5.16 Å². The number of rotatable bonds is 7. The number of amides is 1. The number of hydroxylamine groups is 1. The summed E-state index contributed by atoms with van der Waals surface area (Å²) in [7, 11) is 0.694. The Bertz CT molecular complexity index is 1110. The highest BCUT2D eigenvalue weighted by atomic mass is 32.2. The third-order valence-corrected chi connectivity index (χ3v) is 6.97. The minimum absolute atomic E-state index is 0.0316. The molecule has 1 aromatic heterocycles. The fourth-order valence-electron chi connectivity index (χ4n) is 2.43. The Balaban J connectivity index is 1.78. The number of carbonyl (C=O) groups excluding carboxylic acids is 1. The van der Waals surface area contributed by atoms with Gasteiger partial charge in [0, 0.05) is 36.9 Å². The van der Waals surface area contributed by atoms with Crippen molar-refractivity contribution < 1.29 is 18.0 Å². The van der Waals surface area contributed by atoms with E-state index >= 15 is 0 Å². The van der Waals surface area contributed by atoms with Crippen molar-refractivity contribution >= 4 is 33.4 Å². The van der Waals surface area contributed by atoms with Crippen molar-refractivity contribution in [3.05, 3.63) is 66.5 Å². The maximum atomic E-state index is 12.7. The summed E-state index contributed by atoms with van der Waals surface area (Å²) < 4.78 is 27.1. The molecular formula is C19H20N4O4S2. The SMILES string of the molecule is CON(C)S(=O)(=O)c1ccc(C(=O)Nc2ccccc2Sc2nccn2C)cc1. The Morgan fingerprint density at radius 3 is 2.48 bits per heavy atom. The fraction of sp³-hybridized carbons (Fsp3) is 0.158. The van der Waals surface area contributed by atoms with Crippen molar-refractivity contribution in [3.8, 4) is 0 Å². The highest BCUT2D eigenvalue weighted by Crippen LogP contribution is 2.32. The molecule has 1 heterocycles. The van der Waals surface area contributed by atoms with Crippen LogP contribution in [0, 0.1) is 0 Å². The van der Waals surface area contributed by atoms with Gasteiger partial charge in [0.05, 0.1) is 17.7 Å². The number of anilines is 1. The molecule has 0 unspecified atom stereocenters. The van der Waals surface area contributed by atoms with Crippen LogP contribution in [0.5, 0.6) is 0 Å². The zero-order valence-electron chi connectivity index (χ0n) is 16.1. The van der Waals surface area contributed by atoms with E-state index in [4.69, 9.17) is 4.84 Å². The van der Waals surface area contributed by atoms with Gasteiger partial charge < -0.3 is 9.88 Å². The lowest BCUT2D eigenvalue weighted by Crippen LogP contribution is -2.25. The van der Waals surface area contributed by atoms with E-state index in [0.717, 1.165) is 14.5 Å². The molecule has 0 atom stereocenters. The highest BCUT2D eigenvalue weighted by Gasteiger charge is 2.21. The summed E-state index contributed by atoms with van der Waals surface area (Å²) in [5.41, 5.74) is 0.974. The molecule has 29 heavy (non-hydrogen) atoms. The van der Waals surface area contributed by atoms with Crippen LogP contribution in [0.15, 0.2) is 75.9 Å². The summed E-state index contributed by atoms with van der Waals surface area (Å²) in [5, 5.41) is 3.66. The average molecular weight is 433 g/mol. The maximum Gasteiger partial charge on any atom is 0.264 e. The van der Waals surface area contributed by atoms with Gasteiger partial charge in [-0.05, 0) is 48.2 Å². The van der Waals surface area contributed by atoms with Gasteiger partial charge in [-0.25, -0.2) is 13.4 Å². The van der Waals surface area contributed by atoms with E-state index in [1.807, 2.05) is 36.0 Å². The first kappa shape index (κ1) is 21.1. The third kappa shape index (κ3) is 4.67. The van der Waals surface area contributed by atoms with E-state index < -0.39 is 10.0 Å². The van der Waals surface area contributed by atoms with Crippen LogP contribution in [0.1, 0.15) is 10.4 Å². The van der Waals surface area contributed by atoms with Crippen molar-refractivity contribution in [3.63, 3.8) is 0 Å². The Morgan fingerprint density at radius 2 is 1.86 bits per heavy atom. The Morgan fingerprint density at radius 1 is 1.17 bits per heavy atom. The topological polar surface area (TPSA) is 93.5 Å². The van der Waals surface area contributed by atoms with E-state index in [1.165, 1.54) is 50.2 Å². The van der Waals surface area contributed by atoms with Gasteiger partial charge >= 0.3 is 0 Å². The van der Waals surface area contributed by atoms with Gasteiger partial charge in [-0.3, -0.25) is 9.63 Å². The van der Waals surface area contributed by atoms with Crippen molar-refractivity contribution in [2.75, 3.05) is 19.5 Å². The molecule has 0 bridgehead atoms. The second kappa shape index (κ2) is 8.78. The van der Waals surface area contributed by atoms with Crippen LogP contribution in [0.4, 0.5) is 5.69 Å². The minimum atomic E-state index is -3.76. The molecule has 8 nitrogen and oxygen atoms in total. The molecular weight excluding hydrogens is 412 g/mol. The molecule has 0 spiro atoms. The van der Waals surface area contributed by atoms with Gasteiger partial charge in [-0.15, -0.1) is 0 Å².